The van der Waals surface area contributed by atoms with Crippen LogP contribution in [0, 0.1) is 0 Å². The number of hydrogen-bond donors (Lipinski definition) is 2. The Morgan fingerprint density at radius 1 is 1.29 bits per heavy atom. The van der Waals surface area contributed by atoms with Crippen molar-refractivity contribution in [3.63, 3.8) is 0 Å². The molecular weight excluding hydrogens is 262 g/mol. The second-order valence-electron chi connectivity index (χ2n) is 5.71. The van der Waals surface area contributed by atoms with Gasteiger partial charge in [0.15, 0.2) is 0 Å². The minimum absolute atomic E-state index is 0.345. The van der Waals surface area contributed by atoms with Gasteiger partial charge in [-0.15, -0.1) is 0 Å². The number of aryl methyl sites for hydroxylation is 1. The van der Waals surface area contributed by atoms with Gasteiger partial charge >= 0.3 is 0 Å². The van der Waals surface area contributed by atoms with Crippen LogP contribution in [0.1, 0.15) is 25.2 Å². The molecule has 114 valence electrons. The largest absolute Gasteiger partial charge is 0.330 e. The topological polar surface area (TPSA) is 59.1 Å². The van der Waals surface area contributed by atoms with Crippen LogP contribution in [0.5, 0.6) is 0 Å². The van der Waals surface area contributed by atoms with Crippen molar-refractivity contribution in [2.24, 2.45) is 5.73 Å². The van der Waals surface area contributed by atoms with Crippen molar-refractivity contribution in [3.8, 4) is 0 Å². The molecule has 0 saturated carbocycles. The summed E-state index contributed by atoms with van der Waals surface area (Å²) in [6.45, 7) is 8.23. The predicted molar refractivity (Wildman–Crippen MR) is 86.3 cm³/mol. The van der Waals surface area contributed by atoms with Crippen LogP contribution in [0.15, 0.2) is 24.3 Å². The van der Waals surface area contributed by atoms with Gasteiger partial charge < -0.3 is 15.6 Å². The van der Waals surface area contributed by atoms with Gasteiger partial charge in [0.25, 0.3) is 0 Å². The average molecular weight is 287 g/mol. The number of para-hydroxylation sites is 2. The highest BCUT2D eigenvalue weighted by molar-refractivity contribution is 5.76. The van der Waals surface area contributed by atoms with Crippen LogP contribution < -0.4 is 11.1 Å². The lowest BCUT2D eigenvalue weighted by atomic mass is 10.2. The number of piperazine rings is 1. The van der Waals surface area contributed by atoms with Gasteiger partial charge in [-0.3, -0.25) is 4.90 Å². The zero-order valence-corrected chi connectivity index (χ0v) is 12.8. The fourth-order valence-electron chi connectivity index (χ4n) is 3.13. The molecule has 5 nitrogen and oxygen atoms in total. The molecule has 1 aromatic carbocycles. The molecule has 0 amide bonds. The summed E-state index contributed by atoms with van der Waals surface area (Å²) < 4.78 is 2.36. The highest BCUT2D eigenvalue weighted by Crippen LogP contribution is 2.25. The third-order valence-corrected chi connectivity index (χ3v) is 4.34. The van der Waals surface area contributed by atoms with Gasteiger partial charge in [0.05, 0.1) is 17.1 Å². The minimum atomic E-state index is 0.345. The van der Waals surface area contributed by atoms with Gasteiger partial charge in [-0.05, 0) is 32.0 Å². The number of hydrogen-bond acceptors (Lipinski definition) is 4. The van der Waals surface area contributed by atoms with Crippen LogP contribution in [0.4, 0.5) is 0 Å². The maximum absolute atomic E-state index is 5.71. The number of imidazole rings is 1. The summed E-state index contributed by atoms with van der Waals surface area (Å²) in [7, 11) is 0. The molecular formula is C16H25N5. The Labute approximate surface area is 126 Å². The Hall–Kier alpha value is -1.43. The Kier molecular flexibility index (Phi) is 4.53. The first-order valence-corrected chi connectivity index (χ1v) is 7.91. The fourth-order valence-corrected chi connectivity index (χ4v) is 3.13. The van der Waals surface area contributed by atoms with Crippen molar-refractivity contribution in [2.45, 2.75) is 25.9 Å². The summed E-state index contributed by atoms with van der Waals surface area (Å²) >= 11 is 0. The van der Waals surface area contributed by atoms with Crippen molar-refractivity contribution in [1.82, 2.24) is 19.8 Å². The fraction of sp³-hybridized carbons (Fsp3) is 0.562. The van der Waals surface area contributed by atoms with Crippen LogP contribution in [0.3, 0.4) is 0 Å². The summed E-state index contributed by atoms with van der Waals surface area (Å²) in [5.41, 5.74) is 8.02. The first-order valence-electron chi connectivity index (χ1n) is 7.91. The first-order chi connectivity index (χ1) is 10.3. The van der Waals surface area contributed by atoms with Gasteiger partial charge in [-0.2, -0.15) is 0 Å². The monoisotopic (exact) mass is 287 g/mol. The predicted octanol–water partition coefficient (Wildman–Crippen LogP) is 1.35. The Balaban J connectivity index is 1.95. The SMILES string of the molecule is CC(c1nc2ccccc2n1CCCN)N1CCNCC1. The standard InChI is InChI=1S/C16H25N5/c1-13(20-11-8-18-9-12-20)16-19-14-5-2-3-6-15(14)21(16)10-4-7-17/h2-3,5-6,13,18H,4,7-12,17H2,1H3. The Morgan fingerprint density at radius 2 is 2.05 bits per heavy atom. The molecule has 2 aromatic rings. The van der Waals surface area contributed by atoms with Crippen molar-refractivity contribution < 1.29 is 0 Å². The quantitative estimate of drug-likeness (QED) is 0.871. The zero-order chi connectivity index (χ0) is 14.7. The summed E-state index contributed by atoms with van der Waals surface area (Å²) in [4.78, 5) is 7.41. The van der Waals surface area contributed by atoms with Gasteiger partial charge in [-0.1, -0.05) is 12.1 Å². The number of fused-ring (bicyclic) bond motifs is 1. The van der Waals surface area contributed by atoms with E-state index >= 15 is 0 Å². The number of benzene rings is 1. The number of nitrogens with two attached hydrogens (primary N) is 1. The molecule has 1 fully saturated rings. The second-order valence-corrected chi connectivity index (χ2v) is 5.71. The molecule has 1 saturated heterocycles. The molecule has 2 heterocycles. The van der Waals surface area contributed by atoms with Crippen molar-refractivity contribution in [2.75, 3.05) is 32.7 Å². The van der Waals surface area contributed by atoms with Gasteiger partial charge in [0.1, 0.15) is 5.82 Å². The second kappa shape index (κ2) is 6.56. The van der Waals surface area contributed by atoms with Crippen molar-refractivity contribution >= 4 is 11.0 Å². The lowest BCUT2D eigenvalue weighted by Gasteiger charge is -2.32. The van der Waals surface area contributed by atoms with E-state index in [2.05, 4.69) is 46.0 Å². The maximum Gasteiger partial charge on any atom is 0.127 e. The van der Waals surface area contributed by atoms with E-state index in [4.69, 9.17) is 10.7 Å². The highest BCUT2D eigenvalue weighted by Gasteiger charge is 2.23. The molecule has 0 bridgehead atoms. The molecule has 1 unspecified atom stereocenters. The van der Waals surface area contributed by atoms with E-state index in [1.807, 2.05) is 0 Å². The third kappa shape index (κ3) is 2.95. The van der Waals surface area contributed by atoms with Crippen LogP contribution in [-0.2, 0) is 6.54 Å². The van der Waals surface area contributed by atoms with E-state index in [1.54, 1.807) is 0 Å². The minimum Gasteiger partial charge on any atom is -0.330 e. The molecule has 0 radical (unpaired) electrons. The molecule has 1 aliphatic rings. The van der Waals surface area contributed by atoms with Crippen LogP contribution in [-0.4, -0.2) is 47.2 Å². The Bertz CT molecular complexity index is 585. The number of rotatable bonds is 5. The van der Waals surface area contributed by atoms with Crippen LogP contribution >= 0.6 is 0 Å². The zero-order valence-electron chi connectivity index (χ0n) is 12.8. The van der Waals surface area contributed by atoms with Crippen LogP contribution in [0.2, 0.25) is 0 Å². The molecule has 21 heavy (non-hydrogen) atoms. The molecule has 5 heteroatoms. The molecule has 0 spiro atoms. The molecule has 1 aliphatic heterocycles. The lowest BCUT2D eigenvalue weighted by Crippen LogP contribution is -2.45. The number of nitrogens with one attached hydrogen (secondary N) is 1. The highest BCUT2D eigenvalue weighted by atomic mass is 15.2. The molecule has 0 aliphatic carbocycles. The number of nitrogens with zero attached hydrogens (tertiary/aromatic N) is 3. The normalized spacial score (nSPS) is 18.2. The van der Waals surface area contributed by atoms with E-state index in [-0.39, 0.29) is 0 Å². The van der Waals surface area contributed by atoms with E-state index in [1.165, 1.54) is 11.3 Å². The van der Waals surface area contributed by atoms with E-state index in [0.29, 0.717) is 12.6 Å². The summed E-state index contributed by atoms with van der Waals surface area (Å²) in [6, 6.07) is 8.75. The maximum atomic E-state index is 5.71. The number of aromatic nitrogens is 2. The average Bonchev–Trinajstić information content (AvgIpc) is 2.91. The summed E-state index contributed by atoms with van der Waals surface area (Å²) in [6.07, 6.45) is 0.988. The van der Waals surface area contributed by atoms with Crippen LogP contribution in [0.25, 0.3) is 11.0 Å². The van der Waals surface area contributed by atoms with Crippen molar-refractivity contribution in [3.05, 3.63) is 30.1 Å². The first kappa shape index (κ1) is 14.5. The van der Waals surface area contributed by atoms with Crippen molar-refractivity contribution in [1.29, 1.82) is 0 Å². The summed E-state index contributed by atoms with van der Waals surface area (Å²) in [5.74, 6) is 1.17. The lowest BCUT2D eigenvalue weighted by molar-refractivity contribution is 0.176. The van der Waals surface area contributed by atoms with Gasteiger partial charge in [-0.25, -0.2) is 4.98 Å². The smallest absolute Gasteiger partial charge is 0.127 e. The van der Waals surface area contributed by atoms with Gasteiger partial charge in [0.2, 0.25) is 0 Å². The Morgan fingerprint density at radius 3 is 2.81 bits per heavy atom. The third-order valence-electron chi connectivity index (χ3n) is 4.34. The molecule has 3 N–H and O–H groups in total. The van der Waals surface area contributed by atoms with E-state index in [9.17, 15) is 0 Å². The molecule has 1 atom stereocenters. The molecule has 1 aromatic heterocycles. The van der Waals surface area contributed by atoms with E-state index < -0.39 is 0 Å². The van der Waals surface area contributed by atoms with Gasteiger partial charge in [0, 0.05) is 32.7 Å². The molecule has 3 rings (SSSR count). The van der Waals surface area contributed by atoms with E-state index in [0.717, 1.165) is 44.7 Å². The summed E-state index contributed by atoms with van der Waals surface area (Å²) in [5, 5.41) is 3.41.